The minimum atomic E-state index is -0.459. The number of carbonyl (C=O) groups is 2. The Morgan fingerprint density at radius 1 is 1.23 bits per heavy atom. The molecule has 0 spiro atoms. The average molecular weight is 321 g/mol. The van der Waals surface area contributed by atoms with Crippen LogP contribution in [0.1, 0.15) is 43.0 Å². The van der Waals surface area contributed by atoms with E-state index in [0.29, 0.717) is 11.5 Å². The summed E-state index contributed by atoms with van der Waals surface area (Å²) in [4.78, 5) is 24.9. The van der Waals surface area contributed by atoms with Gasteiger partial charge in [-0.05, 0) is 49.3 Å². The van der Waals surface area contributed by atoms with Crippen LogP contribution in [0, 0.1) is 5.92 Å². The zero-order chi connectivity index (χ0) is 15.9. The quantitative estimate of drug-likeness (QED) is 0.668. The van der Waals surface area contributed by atoms with Crippen molar-refractivity contribution in [2.45, 2.75) is 43.5 Å². The van der Waals surface area contributed by atoms with Crippen LogP contribution in [0.25, 0.3) is 0 Å². The number of carbonyl (C=O) groups excluding carboxylic acids is 2. The number of hydrogen-bond donors (Lipinski definition) is 1. The molecule has 22 heavy (non-hydrogen) atoms. The van der Waals surface area contributed by atoms with Crippen molar-refractivity contribution in [3.63, 3.8) is 0 Å². The van der Waals surface area contributed by atoms with Gasteiger partial charge in [0.05, 0.1) is 5.56 Å². The molecule has 1 aliphatic carbocycles. The number of ether oxygens (including phenoxy) is 1. The summed E-state index contributed by atoms with van der Waals surface area (Å²) in [5.41, 5.74) is 0.469. The molecule has 1 aromatic carbocycles. The van der Waals surface area contributed by atoms with Crippen LogP contribution in [-0.4, -0.2) is 30.8 Å². The van der Waals surface area contributed by atoms with Gasteiger partial charge in [0.15, 0.2) is 6.61 Å². The van der Waals surface area contributed by atoms with E-state index in [1.165, 1.54) is 6.42 Å². The summed E-state index contributed by atoms with van der Waals surface area (Å²) >= 11 is 1.61. The highest BCUT2D eigenvalue weighted by molar-refractivity contribution is 7.98. The monoisotopic (exact) mass is 321 g/mol. The minimum absolute atomic E-state index is 0.209. The van der Waals surface area contributed by atoms with Crippen molar-refractivity contribution in [2.75, 3.05) is 12.9 Å². The van der Waals surface area contributed by atoms with E-state index in [2.05, 4.69) is 12.2 Å². The van der Waals surface area contributed by atoms with E-state index in [-0.39, 0.29) is 18.6 Å². The molecule has 0 aliphatic heterocycles. The maximum absolute atomic E-state index is 11.9. The summed E-state index contributed by atoms with van der Waals surface area (Å²) in [6.07, 6.45) is 6.51. The topological polar surface area (TPSA) is 55.4 Å². The molecule has 5 heteroatoms. The number of rotatable bonds is 5. The fraction of sp³-hybridized carbons (Fsp3) is 0.529. The first kappa shape index (κ1) is 16.9. The zero-order valence-electron chi connectivity index (χ0n) is 13.1. The van der Waals surface area contributed by atoms with E-state index < -0.39 is 5.97 Å². The third-order valence-electron chi connectivity index (χ3n) is 4.12. The third-order valence-corrected chi connectivity index (χ3v) is 4.86. The van der Waals surface area contributed by atoms with Crippen LogP contribution >= 0.6 is 11.8 Å². The fourth-order valence-corrected chi connectivity index (χ4v) is 3.13. The maximum Gasteiger partial charge on any atom is 0.338 e. The number of benzene rings is 1. The Morgan fingerprint density at radius 2 is 1.91 bits per heavy atom. The van der Waals surface area contributed by atoms with E-state index in [1.807, 2.05) is 18.4 Å². The molecule has 0 radical (unpaired) electrons. The Hall–Kier alpha value is -1.49. The zero-order valence-corrected chi connectivity index (χ0v) is 13.9. The minimum Gasteiger partial charge on any atom is -0.452 e. The molecule has 2 rings (SSSR count). The van der Waals surface area contributed by atoms with Crippen LogP contribution in [-0.2, 0) is 9.53 Å². The van der Waals surface area contributed by atoms with Gasteiger partial charge in [-0.1, -0.05) is 19.8 Å². The molecule has 1 aromatic rings. The van der Waals surface area contributed by atoms with Crippen molar-refractivity contribution < 1.29 is 14.3 Å². The Balaban J connectivity index is 1.78. The van der Waals surface area contributed by atoms with Crippen LogP contribution in [0.2, 0.25) is 0 Å². The molecule has 1 N–H and O–H groups in total. The van der Waals surface area contributed by atoms with Gasteiger partial charge in [-0.2, -0.15) is 0 Å². The van der Waals surface area contributed by atoms with E-state index >= 15 is 0 Å². The Morgan fingerprint density at radius 3 is 2.55 bits per heavy atom. The third kappa shape index (κ3) is 4.77. The normalized spacial score (nSPS) is 21.2. The average Bonchev–Trinajstić information content (AvgIpc) is 2.55. The van der Waals surface area contributed by atoms with Gasteiger partial charge in [0, 0.05) is 10.9 Å². The number of thioether (sulfide) groups is 1. The highest BCUT2D eigenvalue weighted by atomic mass is 32.2. The molecular weight excluding hydrogens is 298 g/mol. The molecule has 1 saturated carbocycles. The Bertz CT molecular complexity index is 515. The molecule has 0 saturated heterocycles. The molecule has 0 aromatic heterocycles. The molecule has 0 bridgehead atoms. The van der Waals surface area contributed by atoms with Crippen LogP contribution in [0.15, 0.2) is 29.2 Å². The molecule has 4 nitrogen and oxygen atoms in total. The predicted octanol–water partition coefficient (Wildman–Crippen LogP) is 3.26. The first-order valence-corrected chi connectivity index (χ1v) is 8.93. The lowest BCUT2D eigenvalue weighted by Gasteiger charge is -2.29. The van der Waals surface area contributed by atoms with Gasteiger partial charge < -0.3 is 10.1 Å². The van der Waals surface area contributed by atoms with Crippen molar-refractivity contribution in [1.29, 1.82) is 0 Å². The van der Waals surface area contributed by atoms with Gasteiger partial charge in [-0.25, -0.2) is 4.79 Å². The standard InChI is InChI=1S/C17H23NO3S/c1-12-5-3-4-6-15(12)18-16(19)11-21-17(20)13-7-9-14(22-2)10-8-13/h7-10,12,15H,3-6,11H2,1-2H3,(H,18,19)/t12-,15+/m0/s1. The fourth-order valence-electron chi connectivity index (χ4n) is 2.72. The second-order valence-corrected chi connectivity index (χ2v) is 6.62. The highest BCUT2D eigenvalue weighted by Crippen LogP contribution is 2.23. The van der Waals surface area contributed by atoms with Crippen LogP contribution in [0.5, 0.6) is 0 Å². The SMILES string of the molecule is CSc1ccc(C(=O)OCC(=O)N[C@@H]2CCCC[C@@H]2C)cc1. The van der Waals surface area contributed by atoms with Crippen molar-refractivity contribution in [1.82, 2.24) is 5.32 Å². The Kier molecular flexibility index (Phi) is 6.31. The largest absolute Gasteiger partial charge is 0.452 e. The van der Waals surface area contributed by atoms with Gasteiger partial charge in [0.1, 0.15) is 0 Å². The molecule has 1 amide bonds. The number of nitrogens with one attached hydrogen (secondary N) is 1. The van der Waals surface area contributed by atoms with Crippen molar-refractivity contribution >= 4 is 23.6 Å². The first-order chi connectivity index (χ1) is 10.6. The van der Waals surface area contributed by atoms with E-state index in [4.69, 9.17) is 4.74 Å². The van der Waals surface area contributed by atoms with Crippen molar-refractivity contribution in [3.8, 4) is 0 Å². The van der Waals surface area contributed by atoms with Crippen molar-refractivity contribution in [3.05, 3.63) is 29.8 Å². The number of amides is 1. The van der Waals surface area contributed by atoms with E-state index in [0.717, 1.165) is 24.2 Å². The molecule has 1 aliphatic rings. The number of hydrogen-bond acceptors (Lipinski definition) is 4. The molecule has 0 unspecified atom stereocenters. The second-order valence-electron chi connectivity index (χ2n) is 5.74. The van der Waals surface area contributed by atoms with E-state index in [9.17, 15) is 9.59 Å². The van der Waals surface area contributed by atoms with Gasteiger partial charge in [-0.3, -0.25) is 4.79 Å². The molecule has 120 valence electrons. The van der Waals surface area contributed by atoms with Crippen LogP contribution in [0.4, 0.5) is 0 Å². The first-order valence-electron chi connectivity index (χ1n) is 7.70. The lowest BCUT2D eigenvalue weighted by Crippen LogP contribution is -2.42. The summed E-state index contributed by atoms with van der Waals surface area (Å²) in [5.74, 6) is -0.181. The lowest BCUT2D eigenvalue weighted by atomic mass is 9.86. The van der Waals surface area contributed by atoms with Gasteiger partial charge in [-0.15, -0.1) is 11.8 Å². The highest BCUT2D eigenvalue weighted by Gasteiger charge is 2.23. The summed E-state index contributed by atoms with van der Waals surface area (Å²) in [6.45, 7) is 1.94. The van der Waals surface area contributed by atoms with E-state index in [1.54, 1.807) is 23.9 Å². The lowest BCUT2D eigenvalue weighted by molar-refractivity contribution is -0.125. The van der Waals surface area contributed by atoms with Crippen LogP contribution in [0.3, 0.4) is 0 Å². The molecule has 1 fully saturated rings. The summed E-state index contributed by atoms with van der Waals surface area (Å²) in [6, 6.07) is 7.38. The summed E-state index contributed by atoms with van der Waals surface area (Å²) in [5, 5.41) is 2.97. The maximum atomic E-state index is 11.9. The number of esters is 1. The van der Waals surface area contributed by atoms with Gasteiger partial charge >= 0.3 is 5.97 Å². The second kappa shape index (κ2) is 8.22. The predicted molar refractivity (Wildman–Crippen MR) is 88.1 cm³/mol. The molecule has 0 heterocycles. The summed E-state index contributed by atoms with van der Waals surface area (Å²) < 4.78 is 5.08. The van der Waals surface area contributed by atoms with Crippen LogP contribution < -0.4 is 5.32 Å². The molecular formula is C17H23NO3S. The smallest absolute Gasteiger partial charge is 0.338 e. The van der Waals surface area contributed by atoms with Crippen molar-refractivity contribution in [2.24, 2.45) is 5.92 Å². The van der Waals surface area contributed by atoms with Gasteiger partial charge in [0.25, 0.3) is 5.91 Å². The Labute approximate surface area is 136 Å². The van der Waals surface area contributed by atoms with Gasteiger partial charge in [0.2, 0.25) is 0 Å². The molecule has 2 atom stereocenters. The summed E-state index contributed by atoms with van der Waals surface area (Å²) in [7, 11) is 0.